The zero-order valence-corrected chi connectivity index (χ0v) is 13.6. The van der Waals surface area contributed by atoms with Crippen LogP contribution >= 0.6 is 0 Å². The molecule has 0 aliphatic heterocycles. The highest BCUT2D eigenvalue weighted by molar-refractivity contribution is 7.87. The first-order valence-electron chi connectivity index (χ1n) is 7.25. The van der Waals surface area contributed by atoms with Crippen LogP contribution in [0.25, 0.3) is 0 Å². The van der Waals surface area contributed by atoms with Gasteiger partial charge in [-0.15, -0.1) is 0 Å². The Morgan fingerprint density at radius 1 is 1.40 bits per heavy atom. The molecule has 2 rings (SSSR count). The number of nitrogens with zero attached hydrogens (tertiary/aromatic N) is 2. The number of fused-ring (bicyclic) bond motifs is 2. The standard InChI is InChI=1S/C14H25N3O2S/c1-13(2)11-6-7-14(13,3)12(10-11)16-20(18,19)17(4)9-5-8-15/h11-12,16H,5-7,9-10H2,1-4H3. The Bertz CT molecular complexity index is 523. The second-order valence-electron chi connectivity index (χ2n) is 7.02. The van der Waals surface area contributed by atoms with Crippen LogP contribution < -0.4 is 4.72 Å². The topological polar surface area (TPSA) is 73.2 Å². The molecule has 0 aromatic heterocycles. The summed E-state index contributed by atoms with van der Waals surface area (Å²) in [5.74, 6) is 0.601. The van der Waals surface area contributed by atoms with E-state index in [1.165, 1.54) is 17.8 Å². The van der Waals surface area contributed by atoms with Crippen LogP contribution in [-0.2, 0) is 10.2 Å². The second-order valence-corrected chi connectivity index (χ2v) is 8.82. The maximum absolute atomic E-state index is 12.3. The highest BCUT2D eigenvalue weighted by Gasteiger charge is 2.62. The van der Waals surface area contributed by atoms with E-state index in [0.29, 0.717) is 5.92 Å². The van der Waals surface area contributed by atoms with Gasteiger partial charge in [0.15, 0.2) is 0 Å². The van der Waals surface area contributed by atoms with Gasteiger partial charge in [0, 0.05) is 26.1 Å². The van der Waals surface area contributed by atoms with Crippen molar-refractivity contribution < 1.29 is 8.42 Å². The fraction of sp³-hybridized carbons (Fsp3) is 0.929. The van der Waals surface area contributed by atoms with Gasteiger partial charge in [-0.3, -0.25) is 0 Å². The summed E-state index contributed by atoms with van der Waals surface area (Å²) in [5, 5.41) is 8.57. The Labute approximate surface area is 122 Å². The van der Waals surface area contributed by atoms with E-state index < -0.39 is 10.2 Å². The van der Waals surface area contributed by atoms with Gasteiger partial charge in [0.1, 0.15) is 0 Å². The van der Waals surface area contributed by atoms with E-state index in [1.54, 1.807) is 0 Å². The molecule has 2 aliphatic carbocycles. The highest BCUT2D eigenvalue weighted by Crippen LogP contribution is 2.65. The normalized spacial score (nSPS) is 35.4. The summed E-state index contributed by atoms with van der Waals surface area (Å²) < 4.78 is 28.8. The van der Waals surface area contributed by atoms with E-state index in [-0.39, 0.29) is 29.8 Å². The molecule has 0 amide bonds. The molecule has 6 heteroatoms. The monoisotopic (exact) mass is 299 g/mol. The summed E-state index contributed by atoms with van der Waals surface area (Å²) in [6.45, 7) is 6.97. The average Bonchev–Trinajstić information content (AvgIpc) is 2.68. The molecule has 114 valence electrons. The Hall–Kier alpha value is -0.640. The van der Waals surface area contributed by atoms with E-state index >= 15 is 0 Å². The molecule has 3 atom stereocenters. The lowest BCUT2D eigenvalue weighted by atomic mass is 9.69. The van der Waals surface area contributed by atoms with Crippen LogP contribution in [0.1, 0.15) is 46.5 Å². The minimum Gasteiger partial charge on any atom is -0.198 e. The third-order valence-electron chi connectivity index (χ3n) is 6.03. The lowest BCUT2D eigenvalue weighted by Crippen LogP contribution is -2.50. The third-order valence-corrected chi connectivity index (χ3v) is 7.62. The summed E-state index contributed by atoms with van der Waals surface area (Å²) in [5.41, 5.74) is 0.215. The smallest absolute Gasteiger partial charge is 0.198 e. The van der Waals surface area contributed by atoms with Gasteiger partial charge in [-0.2, -0.15) is 22.7 Å². The van der Waals surface area contributed by atoms with Crippen LogP contribution in [0.5, 0.6) is 0 Å². The molecule has 0 aromatic rings. The SMILES string of the molecule is CN(CCC#N)S(=O)(=O)NC1CC2CCC1(C)C2(C)C. The third kappa shape index (κ3) is 2.26. The molecule has 2 fully saturated rings. The van der Waals surface area contributed by atoms with Crippen molar-refractivity contribution in [3.05, 3.63) is 0 Å². The van der Waals surface area contributed by atoms with Gasteiger partial charge in [-0.25, -0.2) is 0 Å². The van der Waals surface area contributed by atoms with Crippen LogP contribution in [0.4, 0.5) is 0 Å². The minimum absolute atomic E-state index is 0.00536. The minimum atomic E-state index is -3.49. The molecule has 0 spiro atoms. The van der Waals surface area contributed by atoms with Crippen molar-refractivity contribution in [1.29, 1.82) is 5.26 Å². The first-order valence-corrected chi connectivity index (χ1v) is 8.70. The Kier molecular flexibility index (Phi) is 3.91. The maximum atomic E-state index is 12.3. The first-order chi connectivity index (χ1) is 9.15. The predicted octanol–water partition coefficient (Wildman–Crippen LogP) is 1.88. The molecule has 1 N–H and O–H groups in total. The Morgan fingerprint density at radius 3 is 2.50 bits per heavy atom. The van der Waals surface area contributed by atoms with Gasteiger partial charge in [0.2, 0.25) is 0 Å². The van der Waals surface area contributed by atoms with Crippen molar-refractivity contribution in [2.24, 2.45) is 16.7 Å². The van der Waals surface area contributed by atoms with E-state index in [1.807, 2.05) is 6.07 Å². The van der Waals surface area contributed by atoms with Crippen LogP contribution in [0.15, 0.2) is 0 Å². The molecule has 2 bridgehead atoms. The summed E-state index contributed by atoms with van der Waals surface area (Å²) in [6.07, 6.45) is 3.42. The van der Waals surface area contributed by atoms with Gasteiger partial charge in [-0.05, 0) is 36.0 Å². The molecule has 0 saturated heterocycles. The Morgan fingerprint density at radius 2 is 2.05 bits per heavy atom. The fourth-order valence-electron chi connectivity index (χ4n) is 3.98. The van der Waals surface area contributed by atoms with Crippen LogP contribution in [-0.4, -0.2) is 32.4 Å². The van der Waals surface area contributed by atoms with Gasteiger partial charge in [0.25, 0.3) is 10.2 Å². The van der Waals surface area contributed by atoms with E-state index in [9.17, 15) is 8.42 Å². The van der Waals surface area contributed by atoms with Gasteiger partial charge >= 0.3 is 0 Å². The molecule has 2 aliphatic rings. The molecular weight excluding hydrogens is 274 g/mol. The summed E-state index contributed by atoms with van der Waals surface area (Å²) in [4.78, 5) is 0. The van der Waals surface area contributed by atoms with Crippen molar-refractivity contribution >= 4 is 10.2 Å². The van der Waals surface area contributed by atoms with Gasteiger partial charge < -0.3 is 0 Å². The summed E-state index contributed by atoms with van der Waals surface area (Å²) >= 11 is 0. The molecule has 2 saturated carbocycles. The van der Waals surface area contributed by atoms with Crippen LogP contribution in [0, 0.1) is 28.1 Å². The summed E-state index contributed by atoms with van der Waals surface area (Å²) in [7, 11) is -1.97. The molecule has 20 heavy (non-hydrogen) atoms. The van der Waals surface area contributed by atoms with Crippen molar-refractivity contribution in [3.63, 3.8) is 0 Å². The number of rotatable bonds is 5. The molecule has 0 heterocycles. The van der Waals surface area contributed by atoms with Crippen LogP contribution in [0.2, 0.25) is 0 Å². The van der Waals surface area contributed by atoms with E-state index in [0.717, 1.165) is 12.8 Å². The molecule has 0 aromatic carbocycles. The fourth-order valence-corrected chi connectivity index (χ4v) is 5.21. The maximum Gasteiger partial charge on any atom is 0.279 e. The highest BCUT2D eigenvalue weighted by atomic mass is 32.2. The molecule has 0 radical (unpaired) electrons. The lowest BCUT2D eigenvalue weighted by molar-refractivity contribution is 0.129. The van der Waals surface area contributed by atoms with Gasteiger partial charge in [-0.1, -0.05) is 20.8 Å². The molecule has 3 unspecified atom stereocenters. The Balaban J connectivity index is 2.10. The number of hydrogen-bond acceptors (Lipinski definition) is 3. The van der Waals surface area contributed by atoms with Crippen molar-refractivity contribution in [2.75, 3.05) is 13.6 Å². The molecular formula is C14H25N3O2S. The molecule has 5 nitrogen and oxygen atoms in total. The van der Waals surface area contributed by atoms with Gasteiger partial charge in [0.05, 0.1) is 6.07 Å². The van der Waals surface area contributed by atoms with Crippen molar-refractivity contribution in [1.82, 2.24) is 9.03 Å². The number of hydrogen-bond donors (Lipinski definition) is 1. The van der Waals surface area contributed by atoms with E-state index in [2.05, 4.69) is 25.5 Å². The zero-order chi connectivity index (χ0) is 15.2. The predicted molar refractivity (Wildman–Crippen MR) is 77.9 cm³/mol. The lowest BCUT2D eigenvalue weighted by Gasteiger charge is -2.39. The average molecular weight is 299 g/mol. The summed E-state index contributed by atoms with van der Waals surface area (Å²) in [6, 6.07) is 1.98. The first kappa shape index (κ1) is 15.7. The zero-order valence-electron chi connectivity index (χ0n) is 12.8. The number of nitriles is 1. The van der Waals surface area contributed by atoms with Crippen molar-refractivity contribution in [2.45, 2.75) is 52.5 Å². The van der Waals surface area contributed by atoms with Crippen LogP contribution in [0.3, 0.4) is 0 Å². The number of nitrogens with one attached hydrogen (secondary N) is 1. The largest absolute Gasteiger partial charge is 0.279 e. The second kappa shape index (κ2) is 4.97. The van der Waals surface area contributed by atoms with E-state index in [4.69, 9.17) is 5.26 Å². The quantitative estimate of drug-likeness (QED) is 0.842. The van der Waals surface area contributed by atoms with Crippen molar-refractivity contribution in [3.8, 4) is 6.07 Å².